The normalized spacial score (nSPS) is 21.6. The molecule has 0 N–H and O–H groups in total. The number of carbonyl (C=O) groups excluding carboxylic acids is 1. The van der Waals surface area contributed by atoms with Gasteiger partial charge in [0, 0.05) is 12.8 Å². The summed E-state index contributed by atoms with van der Waals surface area (Å²) in [6, 6.07) is 7.99. The zero-order valence-electron chi connectivity index (χ0n) is 11.5. The molecule has 0 bridgehead atoms. The molecule has 0 atom stereocenters. The first-order valence-corrected chi connectivity index (χ1v) is 7.26. The van der Waals surface area contributed by atoms with E-state index in [0.29, 0.717) is 0 Å². The Morgan fingerprint density at radius 1 is 1.30 bits per heavy atom. The van der Waals surface area contributed by atoms with Crippen molar-refractivity contribution in [1.29, 1.82) is 0 Å². The van der Waals surface area contributed by atoms with Crippen LogP contribution in [0.4, 0.5) is 0 Å². The molecule has 2 aliphatic rings. The summed E-state index contributed by atoms with van der Waals surface area (Å²) in [6.07, 6.45) is 6.77. The lowest BCUT2D eigenvalue weighted by molar-refractivity contribution is 0.0254. The molecule has 4 nitrogen and oxygen atoms in total. The van der Waals surface area contributed by atoms with E-state index in [2.05, 4.69) is 4.99 Å². The molecule has 106 valence electrons. The average molecular weight is 273 g/mol. The van der Waals surface area contributed by atoms with Gasteiger partial charge in [0.15, 0.2) is 0 Å². The Balaban J connectivity index is 1.77. The van der Waals surface area contributed by atoms with Crippen LogP contribution in [0.5, 0.6) is 5.75 Å². The first kappa shape index (κ1) is 13.3. The van der Waals surface area contributed by atoms with Crippen molar-refractivity contribution >= 4 is 6.08 Å². The molecule has 0 unspecified atom stereocenters. The maximum absolute atomic E-state index is 10.7. The predicted octanol–water partition coefficient (Wildman–Crippen LogP) is 2.96. The third kappa shape index (κ3) is 2.62. The van der Waals surface area contributed by atoms with E-state index in [1.54, 1.807) is 6.08 Å². The molecule has 3 rings (SSSR count). The predicted molar refractivity (Wildman–Crippen MR) is 74.6 cm³/mol. The topological polar surface area (TPSA) is 47.9 Å². The van der Waals surface area contributed by atoms with Gasteiger partial charge in [-0.05, 0) is 37.0 Å². The van der Waals surface area contributed by atoms with Crippen LogP contribution in [0.25, 0.3) is 0 Å². The number of hydrogen-bond acceptors (Lipinski definition) is 4. The highest BCUT2D eigenvalue weighted by Gasteiger charge is 2.39. The first-order valence-electron chi connectivity index (χ1n) is 7.26. The van der Waals surface area contributed by atoms with Crippen molar-refractivity contribution in [2.24, 2.45) is 4.99 Å². The van der Waals surface area contributed by atoms with Gasteiger partial charge < -0.3 is 9.47 Å². The van der Waals surface area contributed by atoms with Gasteiger partial charge in [0.1, 0.15) is 11.9 Å². The van der Waals surface area contributed by atoms with E-state index in [1.165, 1.54) is 0 Å². The zero-order valence-corrected chi connectivity index (χ0v) is 11.5. The van der Waals surface area contributed by atoms with Crippen LogP contribution in [0.1, 0.15) is 37.7 Å². The standard InChI is InChI=1S/C16H19NO3/c18-12-17-16(7-2-8-16)13-3-1-4-15(11-13)20-14-5-9-19-10-6-14/h1,3-4,11,14H,2,5-10H2. The second-order valence-corrected chi connectivity index (χ2v) is 5.55. The van der Waals surface area contributed by atoms with Crippen molar-refractivity contribution in [2.45, 2.75) is 43.7 Å². The highest BCUT2D eigenvalue weighted by atomic mass is 16.5. The number of benzene rings is 1. The molecular weight excluding hydrogens is 254 g/mol. The Hall–Kier alpha value is -1.64. The minimum Gasteiger partial charge on any atom is -0.490 e. The SMILES string of the molecule is O=C=NC1(c2cccc(OC3CCOCC3)c2)CCC1. The van der Waals surface area contributed by atoms with Gasteiger partial charge >= 0.3 is 0 Å². The number of nitrogens with zero attached hydrogens (tertiary/aromatic N) is 1. The summed E-state index contributed by atoms with van der Waals surface area (Å²) in [6.45, 7) is 1.54. The minimum atomic E-state index is -0.350. The highest BCUT2D eigenvalue weighted by molar-refractivity contribution is 5.41. The lowest BCUT2D eigenvalue weighted by atomic mass is 9.72. The van der Waals surface area contributed by atoms with Crippen LogP contribution in [0.3, 0.4) is 0 Å². The maximum Gasteiger partial charge on any atom is 0.235 e. The number of hydrogen-bond donors (Lipinski definition) is 0. The molecule has 2 fully saturated rings. The quantitative estimate of drug-likeness (QED) is 0.626. The molecule has 0 radical (unpaired) electrons. The van der Waals surface area contributed by atoms with Crippen LogP contribution in [-0.4, -0.2) is 25.4 Å². The molecule has 0 aromatic heterocycles. The number of ether oxygens (including phenoxy) is 2. The third-order valence-electron chi connectivity index (χ3n) is 4.28. The second kappa shape index (κ2) is 5.78. The molecule has 20 heavy (non-hydrogen) atoms. The zero-order chi connectivity index (χ0) is 13.8. The fraction of sp³-hybridized carbons (Fsp3) is 0.562. The highest BCUT2D eigenvalue weighted by Crippen LogP contribution is 2.45. The lowest BCUT2D eigenvalue weighted by Gasteiger charge is -2.37. The summed E-state index contributed by atoms with van der Waals surface area (Å²) in [5.41, 5.74) is 0.716. The molecule has 1 aliphatic heterocycles. The summed E-state index contributed by atoms with van der Waals surface area (Å²) in [5, 5.41) is 0. The van der Waals surface area contributed by atoms with E-state index in [-0.39, 0.29) is 11.6 Å². The molecule has 1 saturated heterocycles. The molecule has 1 heterocycles. The van der Waals surface area contributed by atoms with Gasteiger partial charge in [-0.15, -0.1) is 0 Å². The number of isocyanates is 1. The minimum absolute atomic E-state index is 0.228. The summed E-state index contributed by atoms with van der Waals surface area (Å²) in [5.74, 6) is 0.863. The molecule has 4 heteroatoms. The monoisotopic (exact) mass is 273 g/mol. The van der Waals surface area contributed by atoms with Gasteiger partial charge in [0.25, 0.3) is 0 Å². The van der Waals surface area contributed by atoms with Crippen LogP contribution in [-0.2, 0) is 15.1 Å². The van der Waals surface area contributed by atoms with Gasteiger partial charge in [-0.3, -0.25) is 0 Å². The van der Waals surface area contributed by atoms with E-state index < -0.39 is 0 Å². The van der Waals surface area contributed by atoms with Gasteiger partial charge in [0.2, 0.25) is 6.08 Å². The van der Waals surface area contributed by atoms with Crippen molar-refractivity contribution < 1.29 is 14.3 Å². The van der Waals surface area contributed by atoms with E-state index in [0.717, 1.165) is 56.6 Å². The van der Waals surface area contributed by atoms with E-state index in [9.17, 15) is 4.79 Å². The maximum atomic E-state index is 10.7. The van der Waals surface area contributed by atoms with Crippen molar-refractivity contribution in [1.82, 2.24) is 0 Å². The smallest absolute Gasteiger partial charge is 0.235 e. The Kier molecular flexibility index (Phi) is 3.86. The molecule has 1 aromatic carbocycles. The van der Waals surface area contributed by atoms with Crippen LogP contribution in [0.15, 0.2) is 29.3 Å². The van der Waals surface area contributed by atoms with Gasteiger partial charge in [-0.2, -0.15) is 4.99 Å². The molecule has 1 aromatic rings. The Morgan fingerprint density at radius 3 is 2.75 bits per heavy atom. The molecular formula is C16H19NO3. The summed E-state index contributed by atoms with van der Waals surface area (Å²) < 4.78 is 11.4. The first-order chi connectivity index (χ1) is 9.82. The van der Waals surface area contributed by atoms with Crippen molar-refractivity contribution in [3.05, 3.63) is 29.8 Å². The third-order valence-corrected chi connectivity index (χ3v) is 4.28. The van der Waals surface area contributed by atoms with Crippen molar-refractivity contribution in [3.8, 4) is 5.75 Å². The van der Waals surface area contributed by atoms with Crippen LogP contribution in [0, 0.1) is 0 Å². The summed E-state index contributed by atoms with van der Waals surface area (Å²) in [4.78, 5) is 14.7. The van der Waals surface area contributed by atoms with E-state index in [1.807, 2.05) is 24.3 Å². The van der Waals surface area contributed by atoms with Gasteiger partial charge in [-0.1, -0.05) is 12.1 Å². The summed E-state index contributed by atoms with van der Waals surface area (Å²) in [7, 11) is 0. The largest absolute Gasteiger partial charge is 0.490 e. The Morgan fingerprint density at radius 2 is 2.10 bits per heavy atom. The van der Waals surface area contributed by atoms with E-state index in [4.69, 9.17) is 9.47 Å². The van der Waals surface area contributed by atoms with Gasteiger partial charge in [-0.25, -0.2) is 4.79 Å². The van der Waals surface area contributed by atoms with Crippen molar-refractivity contribution in [3.63, 3.8) is 0 Å². The lowest BCUT2D eigenvalue weighted by Crippen LogP contribution is -2.32. The fourth-order valence-corrected chi connectivity index (χ4v) is 2.91. The number of rotatable bonds is 4. The fourth-order valence-electron chi connectivity index (χ4n) is 2.91. The van der Waals surface area contributed by atoms with E-state index >= 15 is 0 Å². The molecule has 1 saturated carbocycles. The number of aliphatic imine (C=N–C) groups is 1. The van der Waals surface area contributed by atoms with Crippen LogP contribution in [0.2, 0.25) is 0 Å². The summed E-state index contributed by atoms with van der Waals surface area (Å²) >= 11 is 0. The molecule has 0 spiro atoms. The Bertz CT molecular complexity index is 512. The Labute approximate surface area is 118 Å². The van der Waals surface area contributed by atoms with Crippen molar-refractivity contribution in [2.75, 3.05) is 13.2 Å². The molecule has 0 amide bonds. The van der Waals surface area contributed by atoms with Crippen LogP contribution < -0.4 is 4.74 Å². The van der Waals surface area contributed by atoms with Crippen LogP contribution >= 0.6 is 0 Å². The average Bonchev–Trinajstić information content (AvgIpc) is 2.44. The second-order valence-electron chi connectivity index (χ2n) is 5.55. The van der Waals surface area contributed by atoms with Gasteiger partial charge in [0.05, 0.1) is 18.8 Å². The molecule has 1 aliphatic carbocycles.